The fraction of sp³-hybridized carbons (Fsp3) is 0.579. The fourth-order valence-corrected chi connectivity index (χ4v) is 3.92. The van der Waals surface area contributed by atoms with Gasteiger partial charge in [-0.25, -0.2) is 13.6 Å². The Labute approximate surface area is 152 Å². The van der Waals surface area contributed by atoms with Crippen molar-refractivity contribution in [1.82, 2.24) is 15.1 Å². The molecule has 26 heavy (non-hydrogen) atoms. The number of nitrogens with zero attached hydrogens (tertiary/aromatic N) is 2. The number of rotatable bonds is 3. The summed E-state index contributed by atoms with van der Waals surface area (Å²) in [6.07, 6.45) is 2.24. The van der Waals surface area contributed by atoms with Crippen LogP contribution in [0.3, 0.4) is 0 Å². The van der Waals surface area contributed by atoms with Crippen LogP contribution >= 0.6 is 0 Å². The Hall–Kier alpha value is -2.18. The average molecular weight is 365 g/mol. The second kappa shape index (κ2) is 7.21. The molecule has 1 unspecified atom stereocenters. The summed E-state index contributed by atoms with van der Waals surface area (Å²) in [7, 11) is 0. The number of carbonyl (C=O) groups is 2. The van der Waals surface area contributed by atoms with Crippen LogP contribution in [0, 0.1) is 17.0 Å². The molecule has 0 radical (unpaired) electrons. The molecule has 0 aliphatic carbocycles. The van der Waals surface area contributed by atoms with Crippen molar-refractivity contribution < 1.29 is 18.4 Å². The molecule has 2 aliphatic heterocycles. The van der Waals surface area contributed by atoms with E-state index in [1.807, 2.05) is 13.8 Å². The van der Waals surface area contributed by atoms with Gasteiger partial charge in [0, 0.05) is 32.2 Å². The van der Waals surface area contributed by atoms with Crippen LogP contribution in [0.15, 0.2) is 18.2 Å². The van der Waals surface area contributed by atoms with Crippen molar-refractivity contribution in [3.63, 3.8) is 0 Å². The lowest BCUT2D eigenvalue weighted by Gasteiger charge is -2.39. The SMILES string of the molecule is CC(C)NC(=O)N1CCC2(CCCN(Cc3ccc(F)c(F)c3)C2=O)C1. The smallest absolute Gasteiger partial charge is 0.317 e. The maximum Gasteiger partial charge on any atom is 0.317 e. The summed E-state index contributed by atoms with van der Waals surface area (Å²) in [5.74, 6) is -1.79. The molecule has 1 aromatic carbocycles. The van der Waals surface area contributed by atoms with Crippen LogP contribution in [0.1, 0.15) is 38.7 Å². The first-order chi connectivity index (χ1) is 12.3. The summed E-state index contributed by atoms with van der Waals surface area (Å²) in [5, 5.41) is 2.87. The number of benzene rings is 1. The second-order valence-electron chi connectivity index (χ2n) is 7.63. The summed E-state index contributed by atoms with van der Waals surface area (Å²) in [4.78, 5) is 28.8. The topological polar surface area (TPSA) is 52.7 Å². The van der Waals surface area contributed by atoms with Crippen LogP contribution in [0.25, 0.3) is 0 Å². The van der Waals surface area contributed by atoms with Gasteiger partial charge in [0.25, 0.3) is 0 Å². The van der Waals surface area contributed by atoms with Crippen molar-refractivity contribution in [2.24, 2.45) is 5.41 Å². The molecule has 0 aromatic heterocycles. The normalized spacial score (nSPS) is 23.2. The predicted octanol–water partition coefficient (Wildman–Crippen LogP) is 2.90. The number of likely N-dealkylation sites (tertiary alicyclic amines) is 2. The Morgan fingerprint density at radius 3 is 2.69 bits per heavy atom. The number of hydrogen-bond acceptors (Lipinski definition) is 2. The van der Waals surface area contributed by atoms with Gasteiger partial charge in [0.15, 0.2) is 11.6 Å². The van der Waals surface area contributed by atoms with Crippen LogP contribution in [0.2, 0.25) is 0 Å². The van der Waals surface area contributed by atoms with E-state index in [4.69, 9.17) is 0 Å². The van der Waals surface area contributed by atoms with Gasteiger partial charge in [0.2, 0.25) is 5.91 Å². The highest BCUT2D eigenvalue weighted by atomic mass is 19.2. The molecule has 1 spiro atoms. The largest absolute Gasteiger partial charge is 0.338 e. The van der Waals surface area contributed by atoms with Crippen LogP contribution in [-0.4, -0.2) is 47.4 Å². The van der Waals surface area contributed by atoms with E-state index < -0.39 is 17.0 Å². The zero-order chi connectivity index (χ0) is 18.9. The van der Waals surface area contributed by atoms with E-state index in [0.29, 0.717) is 31.6 Å². The second-order valence-corrected chi connectivity index (χ2v) is 7.63. The Bertz CT molecular complexity index is 710. The molecular formula is C19H25F2N3O2. The van der Waals surface area contributed by atoms with Crippen molar-refractivity contribution in [3.8, 4) is 0 Å². The molecule has 0 bridgehead atoms. The predicted molar refractivity (Wildman–Crippen MR) is 93.3 cm³/mol. The molecule has 1 aromatic rings. The van der Waals surface area contributed by atoms with Gasteiger partial charge in [-0.3, -0.25) is 4.79 Å². The van der Waals surface area contributed by atoms with Crippen LogP contribution in [0.5, 0.6) is 0 Å². The number of halogens is 2. The minimum absolute atomic E-state index is 0.00771. The molecule has 2 aliphatic rings. The van der Waals surface area contributed by atoms with Gasteiger partial charge in [-0.1, -0.05) is 6.07 Å². The number of piperidine rings is 1. The Kier molecular flexibility index (Phi) is 5.16. The first kappa shape index (κ1) is 18.6. The van der Waals surface area contributed by atoms with Gasteiger partial charge in [0.1, 0.15) is 0 Å². The molecule has 142 valence electrons. The van der Waals surface area contributed by atoms with Gasteiger partial charge >= 0.3 is 6.03 Å². The first-order valence-corrected chi connectivity index (χ1v) is 9.09. The van der Waals surface area contributed by atoms with Gasteiger partial charge < -0.3 is 15.1 Å². The van der Waals surface area contributed by atoms with E-state index in [1.54, 1.807) is 9.80 Å². The number of hydrogen-bond donors (Lipinski definition) is 1. The minimum atomic E-state index is -0.904. The highest BCUT2D eigenvalue weighted by Gasteiger charge is 2.49. The molecule has 0 saturated carbocycles. The third-order valence-electron chi connectivity index (χ3n) is 5.23. The average Bonchev–Trinajstić information content (AvgIpc) is 3.00. The Balaban J connectivity index is 1.69. The number of nitrogens with one attached hydrogen (secondary N) is 1. The lowest BCUT2D eigenvalue weighted by atomic mass is 9.78. The van der Waals surface area contributed by atoms with E-state index in [2.05, 4.69) is 5.32 Å². The summed E-state index contributed by atoms with van der Waals surface area (Å²) >= 11 is 0. The molecule has 1 atom stereocenters. The molecule has 2 saturated heterocycles. The summed E-state index contributed by atoms with van der Waals surface area (Å²) < 4.78 is 26.5. The van der Waals surface area contributed by atoms with Crippen LogP contribution < -0.4 is 5.32 Å². The van der Waals surface area contributed by atoms with E-state index in [9.17, 15) is 18.4 Å². The first-order valence-electron chi connectivity index (χ1n) is 9.09. The molecule has 3 rings (SSSR count). The van der Waals surface area contributed by atoms with Crippen molar-refractivity contribution in [2.45, 2.75) is 45.7 Å². The van der Waals surface area contributed by atoms with Crippen molar-refractivity contribution >= 4 is 11.9 Å². The van der Waals surface area contributed by atoms with Gasteiger partial charge in [-0.15, -0.1) is 0 Å². The summed E-state index contributed by atoms with van der Waals surface area (Å²) in [6, 6.07) is 3.64. The number of carbonyl (C=O) groups excluding carboxylic acids is 2. The lowest BCUT2D eigenvalue weighted by molar-refractivity contribution is -0.146. The van der Waals surface area contributed by atoms with Crippen molar-refractivity contribution in [3.05, 3.63) is 35.4 Å². The third-order valence-corrected chi connectivity index (χ3v) is 5.23. The molecule has 5 nitrogen and oxygen atoms in total. The fourth-order valence-electron chi connectivity index (χ4n) is 3.92. The summed E-state index contributed by atoms with van der Waals surface area (Å²) in [5.41, 5.74) is 0.0206. The van der Waals surface area contributed by atoms with E-state index in [-0.39, 0.29) is 24.5 Å². The minimum Gasteiger partial charge on any atom is -0.338 e. The highest BCUT2D eigenvalue weighted by Crippen LogP contribution is 2.40. The maximum absolute atomic E-state index is 13.4. The standard InChI is InChI=1S/C19H25F2N3O2/c1-13(2)22-18(26)24-9-7-19(12-24)6-3-8-23(17(19)25)11-14-4-5-15(20)16(21)10-14/h4-5,10,13H,3,6-9,11-12H2,1-2H3,(H,22,26). The number of amides is 3. The molecule has 2 heterocycles. The van der Waals surface area contributed by atoms with Gasteiger partial charge in [0.05, 0.1) is 5.41 Å². The van der Waals surface area contributed by atoms with Crippen LogP contribution in [0.4, 0.5) is 13.6 Å². The van der Waals surface area contributed by atoms with Crippen LogP contribution in [-0.2, 0) is 11.3 Å². The molecule has 3 amide bonds. The van der Waals surface area contributed by atoms with E-state index in [1.165, 1.54) is 6.07 Å². The van der Waals surface area contributed by atoms with E-state index in [0.717, 1.165) is 25.0 Å². The molecular weight excluding hydrogens is 340 g/mol. The monoisotopic (exact) mass is 365 g/mol. The lowest BCUT2D eigenvalue weighted by Crippen LogP contribution is -2.51. The van der Waals surface area contributed by atoms with Crippen molar-refractivity contribution in [1.29, 1.82) is 0 Å². The van der Waals surface area contributed by atoms with Gasteiger partial charge in [-0.2, -0.15) is 0 Å². The zero-order valence-electron chi connectivity index (χ0n) is 15.2. The Morgan fingerprint density at radius 1 is 1.23 bits per heavy atom. The summed E-state index contributed by atoms with van der Waals surface area (Å²) in [6.45, 7) is 5.63. The van der Waals surface area contributed by atoms with Crippen molar-refractivity contribution in [2.75, 3.05) is 19.6 Å². The number of urea groups is 1. The molecule has 7 heteroatoms. The van der Waals surface area contributed by atoms with Gasteiger partial charge in [-0.05, 0) is 50.8 Å². The Morgan fingerprint density at radius 2 is 2.00 bits per heavy atom. The molecule has 2 fully saturated rings. The highest BCUT2D eigenvalue weighted by molar-refractivity contribution is 5.85. The van der Waals surface area contributed by atoms with E-state index >= 15 is 0 Å². The third kappa shape index (κ3) is 3.66. The maximum atomic E-state index is 13.4. The molecule has 1 N–H and O–H groups in total. The quantitative estimate of drug-likeness (QED) is 0.896. The zero-order valence-corrected chi connectivity index (χ0v) is 15.2.